The van der Waals surface area contributed by atoms with Crippen molar-refractivity contribution in [2.45, 2.75) is 12.8 Å². The van der Waals surface area contributed by atoms with E-state index < -0.39 is 0 Å². The molecule has 1 nitrogen and oxygen atoms in total. The summed E-state index contributed by atoms with van der Waals surface area (Å²) in [6.07, 6.45) is 2.19. The Morgan fingerprint density at radius 1 is 0.630 bits per heavy atom. The molecule has 0 unspecified atom stereocenters. The Morgan fingerprint density at radius 2 is 1.26 bits per heavy atom. The number of aryl methyl sites for hydroxylation is 1. The van der Waals surface area contributed by atoms with E-state index in [1.807, 2.05) is 0 Å². The zero-order valence-corrected chi connectivity index (χ0v) is 15.5. The van der Waals surface area contributed by atoms with E-state index in [-0.39, 0.29) is 0 Å². The molecule has 0 N–H and O–H groups in total. The van der Waals surface area contributed by atoms with Gasteiger partial charge in [-0.25, -0.2) is 0 Å². The Bertz CT molecular complexity index is 1110. The molecule has 0 fully saturated rings. The first kappa shape index (κ1) is 16.0. The lowest BCUT2D eigenvalue weighted by atomic mass is 9.84. The monoisotopic (exact) mass is 348 g/mol. The predicted octanol–water partition coefficient (Wildman–Crippen LogP) is 5.61. The third-order valence-corrected chi connectivity index (χ3v) is 5.66. The third kappa shape index (κ3) is 2.67. The molecule has 0 aliphatic heterocycles. The van der Waals surface area contributed by atoms with E-state index >= 15 is 0 Å². The lowest BCUT2D eigenvalue weighted by Gasteiger charge is -2.21. The van der Waals surface area contributed by atoms with Crippen LogP contribution in [0.1, 0.15) is 11.1 Å². The van der Waals surface area contributed by atoms with Crippen LogP contribution in [0.3, 0.4) is 0 Å². The van der Waals surface area contributed by atoms with Gasteiger partial charge in [-0.3, -0.25) is 0 Å². The minimum absolute atomic E-state index is 1.08. The van der Waals surface area contributed by atoms with Gasteiger partial charge in [0.15, 0.2) is 0 Å². The molecular formula is C26H22N+. The van der Waals surface area contributed by atoms with Gasteiger partial charge in [-0.2, -0.15) is 4.57 Å². The maximum Gasteiger partial charge on any atom is 0.216 e. The summed E-state index contributed by atoms with van der Waals surface area (Å²) in [4.78, 5) is 0. The zero-order chi connectivity index (χ0) is 18.2. The smallest absolute Gasteiger partial charge is 0.194 e. The molecule has 4 aromatic rings. The quantitative estimate of drug-likeness (QED) is 0.415. The lowest BCUT2D eigenvalue weighted by Crippen LogP contribution is -2.37. The molecule has 0 atom stereocenters. The summed E-state index contributed by atoms with van der Waals surface area (Å²) in [5, 5.41) is 0. The first-order valence-electron chi connectivity index (χ1n) is 9.58. The maximum absolute atomic E-state index is 2.38. The van der Waals surface area contributed by atoms with Gasteiger partial charge in [0.25, 0.3) is 0 Å². The molecule has 27 heavy (non-hydrogen) atoms. The molecule has 0 saturated heterocycles. The van der Waals surface area contributed by atoms with Crippen molar-refractivity contribution in [1.29, 1.82) is 0 Å². The van der Waals surface area contributed by atoms with Gasteiger partial charge in [-0.05, 0) is 47.7 Å². The highest BCUT2D eigenvalue weighted by Gasteiger charge is 2.29. The first-order chi connectivity index (χ1) is 13.3. The van der Waals surface area contributed by atoms with Crippen LogP contribution in [0.2, 0.25) is 0 Å². The molecule has 130 valence electrons. The summed E-state index contributed by atoms with van der Waals surface area (Å²) < 4.78 is 2.38. The number of rotatable bonds is 2. The molecule has 3 aromatic carbocycles. The van der Waals surface area contributed by atoms with Gasteiger partial charge >= 0.3 is 0 Å². The highest BCUT2D eigenvalue weighted by Crippen LogP contribution is 2.38. The van der Waals surface area contributed by atoms with E-state index in [4.69, 9.17) is 0 Å². The van der Waals surface area contributed by atoms with Gasteiger partial charge in [0.1, 0.15) is 7.05 Å². The number of hydrogen-bond acceptors (Lipinski definition) is 0. The van der Waals surface area contributed by atoms with E-state index in [1.54, 1.807) is 0 Å². The summed E-state index contributed by atoms with van der Waals surface area (Å²) in [7, 11) is 2.21. The van der Waals surface area contributed by atoms with Crippen molar-refractivity contribution in [3.8, 4) is 33.6 Å². The summed E-state index contributed by atoms with van der Waals surface area (Å²) in [6, 6.07) is 32.8. The SMILES string of the molecule is C[n+]1c(-c2ccccc2)cc(-c2ccccc2)c2c1-c1ccccc1CC2. The Hall–Kier alpha value is -3.19. The van der Waals surface area contributed by atoms with Crippen molar-refractivity contribution in [2.24, 2.45) is 7.05 Å². The Morgan fingerprint density at radius 3 is 2.00 bits per heavy atom. The van der Waals surface area contributed by atoms with Crippen LogP contribution >= 0.6 is 0 Å². The second kappa shape index (κ2) is 6.51. The Balaban J connectivity index is 1.86. The van der Waals surface area contributed by atoms with Gasteiger partial charge < -0.3 is 0 Å². The average molecular weight is 348 g/mol. The van der Waals surface area contributed by atoms with Crippen LogP contribution in [-0.2, 0) is 19.9 Å². The van der Waals surface area contributed by atoms with Gasteiger partial charge in [-0.15, -0.1) is 0 Å². The fraction of sp³-hybridized carbons (Fsp3) is 0.115. The molecule has 0 amide bonds. The molecule has 1 aromatic heterocycles. The van der Waals surface area contributed by atoms with E-state index in [1.165, 1.54) is 44.8 Å². The van der Waals surface area contributed by atoms with Gasteiger partial charge in [-0.1, -0.05) is 66.7 Å². The maximum atomic E-state index is 2.38. The van der Waals surface area contributed by atoms with E-state index in [2.05, 4.69) is 103 Å². The second-order valence-electron chi connectivity index (χ2n) is 7.22. The minimum atomic E-state index is 1.08. The second-order valence-corrected chi connectivity index (χ2v) is 7.22. The minimum Gasteiger partial charge on any atom is -0.194 e. The molecule has 1 heterocycles. The molecule has 1 heteroatoms. The number of fused-ring (bicyclic) bond motifs is 3. The summed E-state index contributed by atoms with van der Waals surface area (Å²) in [5.41, 5.74) is 10.8. The molecule has 1 aliphatic rings. The summed E-state index contributed by atoms with van der Waals surface area (Å²) in [5.74, 6) is 0. The molecule has 0 saturated carbocycles. The molecular weight excluding hydrogens is 326 g/mol. The standard InChI is InChI=1S/C26H22N/c1-27-25(21-13-6-3-7-14-21)18-24(19-10-4-2-5-11-19)23-17-16-20-12-8-9-15-22(20)26(23)27/h2-15,18H,16-17H2,1H3/q+1. The van der Waals surface area contributed by atoms with Crippen LogP contribution in [-0.4, -0.2) is 0 Å². The van der Waals surface area contributed by atoms with E-state index in [0.717, 1.165) is 12.8 Å². The van der Waals surface area contributed by atoms with Crippen molar-refractivity contribution in [3.63, 3.8) is 0 Å². The van der Waals surface area contributed by atoms with Crippen LogP contribution in [0.5, 0.6) is 0 Å². The first-order valence-corrected chi connectivity index (χ1v) is 9.58. The van der Waals surface area contributed by atoms with E-state index in [0.29, 0.717) is 0 Å². The number of benzene rings is 3. The largest absolute Gasteiger partial charge is 0.216 e. The third-order valence-electron chi connectivity index (χ3n) is 5.66. The molecule has 5 rings (SSSR count). The molecule has 1 aliphatic carbocycles. The van der Waals surface area contributed by atoms with Gasteiger partial charge in [0.05, 0.1) is 0 Å². The zero-order valence-electron chi connectivity index (χ0n) is 15.5. The van der Waals surface area contributed by atoms with Crippen LogP contribution in [0, 0.1) is 0 Å². The molecule has 0 spiro atoms. The Labute approximate surface area is 160 Å². The number of aromatic nitrogens is 1. The normalized spacial score (nSPS) is 12.3. The summed E-state index contributed by atoms with van der Waals surface area (Å²) in [6.45, 7) is 0. The van der Waals surface area contributed by atoms with E-state index in [9.17, 15) is 0 Å². The fourth-order valence-corrected chi connectivity index (χ4v) is 4.36. The van der Waals surface area contributed by atoms with Crippen LogP contribution < -0.4 is 4.57 Å². The predicted molar refractivity (Wildman–Crippen MR) is 111 cm³/mol. The van der Waals surface area contributed by atoms with Gasteiger partial charge in [0, 0.05) is 22.8 Å². The fourth-order valence-electron chi connectivity index (χ4n) is 4.36. The van der Waals surface area contributed by atoms with Crippen LogP contribution in [0.15, 0.2) is 91.0 Å². The van der Waals surface area contributed by atoms with Crippen molar-refractivity contribution < 1.29 is 4.57 Å². The van der Waals surface area contributed by atoms with Crippen molar-refractivity contribution in [1.82, 2.24) is 0 Å². The van der Waals surface area contributed by atoms with Gasteiger partial charge in [0.2, 0.25) is 11.4 Å². The molecule has 0 radical (unpaired) electrons. The van der Waals surface area contributed by atoms with Crippen molar-refractivity contribution in [3.05, 3.63) is 102 Å². The van der Waals surface area contributed by atoms with Crippen molar-refractivity contribution in [2.75, 3.05) is 0 Å². The Kier molecular flexibility index (Phi) is 3.86. The molecule has 0 bridgehead atoms. The highest BCUT2D eigenvalue weighted by molar-refractivity contribution is 5.80. The number of nitrogens with zero attached hydrogens (tertiary/aromatic N) is 1. The summed E-state index contributed by atoms with van der Waals surface area (Å²) >= 11 is 0. The van der Waals surface area contributed by atoms with Crippen molar-refractivity contribution >= 4 is 0 Å². The average Bonchev–Trinajstić information content (AvgIpc) is 2.75. The van der Waals surface area contributed by atoms with Crippen LogP contribution in [0.4, 0.5) is 0 Å². The topological polar surface area (TPSA) is 3.88 Å². The lowest BCUT2D eigenvalue weighted by molar-refractivity contribution is -0.649. The van der Waals surface area contributed by atoms with Crippen LogP contribution in [0.25, 0.3) is 33.6 Å². The highest BCUT2D eigenvalue weighted by atomic mass is 15.0. The number of pyridine rings is 1. The number of hydrogen-bond donors (Lipinski definition) is 0.